The van der Waals surface area contributed by atoms with Crippen LogP contribution in [0, 0.1) is 6.92 Å². The molecule has 0 aliphatic carbocycles. The molecule has 0 heterocycles. The lowest BCUT2D eigenvalue weighted by molar-refractivity contribution is -0.117. The van der Waals surface area contributed by atoms with Gasteiger partial charge in [0.1, 0.15) is 11.5 Å². The van der Waals surface area contributed by atoms with E-state index in [1.165, 1.54) is 0 Å². The third-order valence-corrected chi connectivity index (χ3v) is 6.26. The summed E-state index contributed by atoms with van der Waals surface area (Å²) in [5.74, 6) is 0.720. The van der Waals surface area contributed by atoms with Crippen molar-refractivity contribution in [2.75, 3.05) is 23.8 Å². The van der Waals surface area contributed by atoms with E-state index in [4.69, 9.17) is 55.9 Å². The van der Waals surface area contributed by atoms with Crippen LogP contribution in [0.2, 0.25) is 20.1 Å². The Kier molecular flexibility index (Phi) is 11.2. The Morgan fingerprint density at radius 3 is 1.73 bits per heavy atom. The number of benzene rings is 3. The van der Waals surface area contributed by atoms with Crippen LogP contribution in [0.25, 0.3) is 0 Å². The summed E-state index contributed by atoms with van der Waals surface area (Å²) in [4.78, 5) is 24.8. The quantitative estimate of drug-likeness (QED) is 0.211. The first-order chi connectivity index (χ1) is 17.7. The summed E-state index contributed by atoms with van der Waals surface area (Å²) in [5.41, 5.74) is 2.10. The van der Waals surface area contributed by atoms with Crippen molar-refractivity contribution in [3.8, 4) is 11.5 Å². The standard InChI is InChI=1S/C27H26Cl4N2O4/c1-17-6-9-20(32-26(34)4-2-12-36-24-10-7-18(28)14-21(24)30)16-23(17)33-27(35)5-3-13-37-25-11-8-19(29)15-22(25)31/h6-11,14-16H,2-5,12-13H2,1H3,(H,32,34)(H,33,35). The highest BCUT2D eigenvalue weighted by Gasteiger charge is 2.10. The molecule has 10 heteroatoms. The maximum atomic E-state index is 12.4. The van der Waals surface area contributed by atoms with Gasteiger partial charge in [0.05, 0.1) is 23.3 Å². The molecule has 0 radical (unpaired) electrons. The van der Waals surface area contributed by atoms with Gasteiger partial charge < -0.3 is 20.1 Å². The highest BCUT2D eigenvalue weighted by Crippen LogP contribution is 2.29. The van der Waals surface area contributed by atoms with Crippen molar-refractivity contribution in [2.24, 2.45) is 0 Å². The number of nitrogens with one attached hydrogen (secondary N) is 2. The molecule has 0 aromatic heterocycles. The number of ether oxygens (including phenoxy) is 2. The van der Waals surface area contributed by atoms with E-state index >= 15 is 0 Å². The number of hydrogen-bond acceptors (Lipinski definition) is 4. The SMILES string of the molecule is Cc1ccc(NC(=O)CCCOc2ccc(Cl)cc2Cl)cc1NC(=O)CCCOc1ccc(Cl)cc1Cl. The van der Waals surface area contributed by atoms with Crippen LogP contribution in [0.1, 0.15) is 31.2 Å². The highest BCUT2D eigenvalue weighted by molar-refractivity contribution is 6.36. The zero-order valence-electron chi connectivity index (χ0n) is 20.1. The smallest absolute Gasteiger partial charge is 0.224 e. The van der Waals surface area contributed by atoms with Crippen molar-refractivity contribution in [2.45, 2.75) is 32.6 Å². The molecule has 0 spiro atoms. The van der Waals surface area contributed by atoms with Crippen molar-refractivity contribution in [1.29, 1.82) is 0 Å². The average Bonchev–Trinajstić information content (AvgIpc) is 2.84. The fourth-order valence-electron chi connectivity index (χ4n) is 3.28. The summed E-state index contributed by atoms with van der Waals surface area (Å²) in [6, 6.07) is 15.3. The molecule has 0 fully saturated rings. The van der Waals surface area contributed by atoms with Crippen molar-refractivity contribution in [1.82, 2.24) is 0 Å². The molecule has 0 saturated heterocycles. The van der Waals surface area contributed by atoms with Gasteiger partial charge in [-0.05, 0) is 73.9 Å². The van der Waals surface area contributed by atoms with Crippen molar-refractivity contribution >= 4 is 69.6 Å². The summed E-state index contributed by atoms with van der Waals surface area (Å²) in [6.07, 6.45) is 1.53. The van der Waals surface area contributed by atoms with Gasteiger partial charge in [-0.1, -0.05) is 52.5 Å². The molecule has 0 saturated carbocycles. The second kappa shape index (κ2) is 14.3. The molecule has 6 nitrogen and oxygen atoms in total. The van der Waals surface area contributed by atoms with E-state index in [-0.39, 0.29) is 24.7 Å². The Bertz CT molecular complexity index is 1250. The minimum absolute atomic E-state index is 0.157. The van der Waals surface area contributed by atoms with E-state index in [1.807, 2.05) is 13.0 Å². The molecule has 0 unspecified atom stereocenters. The molecular formula is C27H26Cl4N2O4. The van der Waals surface area contributed by atoms with Crippen LogP contribution in [0.4, 0.5) is 11.4 Å². The second-order valence-corrected chi connectivity index (χ2v) is 9.87. The monoisotopic (exact) mass is 582 g/mol. The van der Waals surface area contributed by atoms with Gasteiger partial charge >= 0.3 is 0 Å². The predicted molar refractivity (Wildman–Crippen MR) is 151 cm³/mol. The Morgan fingerprint density at radius 1 is 0.703 bits per heavy atom. The number of amides is 2. The Morgan fingerprint density at radius 2 is 1.22 bits per heavy atom. The van der Waals surface area contributed by atoms with E-state index in [9.17, 15) is 9.59 Å². The Balaban J connectivity index is 1.40. The lowest BCUT2D eigenvalue weighted by Gasteiger charge is -2.12. The van der Waals surface area contributed by atoms with Gasteiger partial charge in [0.2, 0.25) is 11.8 Å². The molecular weight excluding hydrogens is 558 g/mol. The molecule has 0 aliphatic heterocycles. The van der Waals surface area contributed by atoms with E-state index in [2.05, 4.69) is 10.6 Å². The summed E-state index contributed by atoms with van der Waals surface area (Å²) >= 11 is 23.9. The maximum absolute atomic E-state index is 12.4. The zero-order chi connectivity index (χ0) is 26.8. The van der Waals surface area contributed by atoms with Crippen LogP contribution in [0.15, 0.2) is 54.6 Å². The minimum atomic E-state index is -0.162. The molecule has 0 bridgehead atoms. The third kappa shape index (κ3) is 9.63. The van der Waals surface area contributed by atoms with E-state index < -0.39 is 0 Å². The lowest BCUT2D eigenvalue weighted by atomic mass is 10.1. The van der Waals surface area contributed by atoms with Crippen LogP contribution >= 0.6 is 46.4 Å². The van der Waals surface area contributed by atoms with Gasteiger partial charge in [0.25, 0.3) is 0 Å². The van der Waals surface area contributed by atoms with Crippen LogP contribution in [0.3, 0.4) is 0 Å². The lowest BCUT2D eigenvalue weighted by Crippen LogP contribution is -2.15. The van der Waals surface area contributed by atoms with Gasteiger partial charge in [-0.15, -0.1) is 0 Å². The summed E-state index contributed by atoms with van der Waals surface area (Å²) < 4.78 is 11.2. The van der Waals surface area contributed by atoms with Gasteiger partial charge in [-0.25, -0.2) is 0 Å². The second-order valence-electron chi connectivity index (χ2n) is 8.18. The van der Waals surface area contributed by atoms with Gasteiger partial charge in [-0.2, -0.15) is 0 Å². The first-order valence-electron chi connectivity index (χ1n) is 11.6. The molecule has 0 aliphatic rings. The third-order valence-electron chi connectivity index (χ3n) is 5.19. The first kappa shape index (κ1) is 28.9. The Labute approximate surface area is 236 Å². The maximum Gasteiger partial charge on any atom is 0.224 e. The summed E-state index contributed by atoms with van der Waals surface area (Å²) in [6.45, 7) is 2.54. The molecule has 2 amide bonds. The van der Waals surface area contributed by atoms with E-state index in [1.54, 1.807) is 48.5 Å². The zero-order valence-corrected chi connectivity index (χ0v) is 23.1. The van der Waals surface area contributed by atoms with Crippen LogP contribution in [-0.4, -0.2) is 25.0 Å². The number of hydrogen-bond donors (Lipinski definition) is 2. The average molecular weight is 584 g/mol. The Hall–Kier alpha value is -2.64. The summed E-state index contributed by atoms with van der Waals surface area (Å²) in [7, 11) is 0. The predicted octanol–water partition coefficient (Wildman–Crippen LogP) is 8.20. The number of anilines is 2. The number of carbonyl (C=O) groups excluding carboxylic acids is 2. The number of carbonyl (C=O) groups is 2. The minimum Gasteiger partial charge on any atom is -0.492 e. The van der Waals surface area contributed by atoms with Crippen LogP contribution in [0.5, 0.6) is 11.5 Å². The first-order valence-corrected chi connectivity index (χ1v) is 13.1. The molecule has 3 aromatic carbocycles. The van der Waals surface area contributed by atoms with E-state index in [0.29, 0.717) is 69.0 Å². The summed E-state index contributed by atoms with van der Waals surface area (Å²) in [5, 5.41) is 7.63. The van der Waals surface area contributed by atoms with Crippen molar-refractivity contribution < 1.29 is 19.1 Å². The van der Waals surface area contributed by atoms with Gasteiger partial charge in [-0.3, -0.25) is 9.59 Å². The molecule has 196 valence electrons. The fraction of sp³-hybridized carbons (Fsp3) is 0.259. The highest BCUT2D eigenvalue weighted by atomic mass is 35.5. The number of rotatable bonds is 12. The largest absolute Gasteiger partial charge is 0.492 e. The van der Waals surface area contributed by atoms with Gasteiger partial charge in [0, 0.05) is 34.3 Å². The van der Waals surface area contributed by atoms with Crippen molar-refractivity contribution in [3.05, 3.63) is 80.3 Å². The topological polar surface area (TPSA) is 76.7 Å². The number of halogens is 4. The fourth-order valence-corrected chi connectivity index (χ4v) is 4.21. The molecule has 37 heavy (non-hydrogen) atoms. The molecule has 2 N–H and O–H groups in total. The number of aryl methyl sites for hydroxylation is 1. The van der Waals surface area contributed by atoms with E-state index in [0.717, 1.165) is 5.56 Å². The molecule has 0 atom stereocenters. The normalized spacial score (nSPS) is 10.6. The van der Waals surface area contributed by atoms with Crippen LogP contribution in [-0.2, 0) is 9.59 Å². The van der Waals surface area contributed by atoms with Gasteiger partial charge in [0.15, 0.2) is 0 Å². The van der Waals surface area contributed by atoms with Crippen LogP contribution < -0.4 is 20.1 Å². The van der Waals surface area contributed by atoms with Crippen molar-refractivity contribution in [3.63, 3.8) is 0 Å². The molecule has 3 aromatic rings. The molecule has 3 rings (SSSR count).